The molecule has 0 bridgehead atoms. The molecule has 0 unspecified atom stereocenters. The standard InChI is InChI=1S/C46H35NO2/c1-4-6-14-31-21-23-32(24-22-31)47(30(3)13-5-2)33-25-26-42-43(27-33)49-45-29-41-37(28-44(45)48-42)36-17-9-12-20-40(36)46(41)38-18-10-7-15-34(38)35-16-8-11-19-39(35)46/h4-13,15-29H,2,14H2,1,3H3/b6-4-,30-13+. The number of rotatable bonds is 6. The van der Waals surface area contributed by atoms with Crippen molar-refractivity contribution in [1.29, 1.82) is 0 Å². The molecule has 1 spiro atoms. The van der Waals surface area contributed by atoms with Crippen molar-refractivity contribution in [2.45, 2.75) is 25.7 Å². The molecule has 236 valence electrons. The quantitative estimate of drug-likeness (QED) is 0.134. The van der Waals surface area contributed by atoms with E-state index in [-0.39, 0.29) is 0 Å². The van der Waals surface area contributed by atoms with Crippen LogP contribution < -0.4 is 14.4 Å². The van der Waals surface area contributed by atoms with E-state index in [2.05, 4.69) is 159 Å². The fourth-order valence-electron chi connectivity index (χ4n) is 8.13. The van der Waals surface area contributed by atoms with Crippen LogP contribution in [0.15, 0.2) is 164 Å². The van der Waals surface area contributed by atoms with Gasteiger partial charge in [-0.05, 0) is 113 Å². The third-order valence-corrected chi connectivity index (χ3v) is 10.2. The molecule has 9 rings (SSSR count). The molecule has 0 N–H and O–H groups in total. The van der Waals surface area contributed by atoms with Gasteiger partial charge in [0.1, 0.15) is 0 Å². The largest absolute Gasteiger partial charge is 0.449 e. The Morgan fingerprint density at radius 2 is 1.16 bits per heavy atom. The Morgan fingerprint density at radius 3 is 1.80 bits per heavy atom. The van der Waals surface area contributed by atoms with Gasteiger partial charge < -0.3 is 14.4 Å². The van der Waals surface area contributed by atoms with Crippen LogP contribution in [0.5, 0.6) is 23.0 Å². The SMILES string of the molecule is C=C/C=C(\C)N(c1ccc(C/C=C\C)cc1)c1ccc2c(c1)Oc1cc3c(cc1O2)-c1ccccc1C31c2ccccc2-c2ccccc21. The molecule has 0 atom stereocenters. The van der Waals surface area contributed by atoms with Crippen LogP contribution in [-0.4, -0.2) is 0 Å². The van der Waals surface area contributed by atoms with Crippen LogP contribution in [-0.2, 0) is 11.8 Å². The average Bonchev–Trinajstić information content (AvgIpc) is 3.60. The van der Waals surface area contributed by atoms with Crippen molar-refractivity contribution >= 4 is 11.4 Å². The highest BCUT2D eigenvalue weighted by molar-refractivity contribution is 5.95. The summed E-state index contributed by atoms with van der Waals surface area (Å²) in [6, 6.07) is 45.8. The van der Waals surface area contributed by atoms with Crippen LogP contribution in [0.4, 0.5) is 11.4 Å². The third-order valence-electron chi connectivity index (χ3n) is 10.2. The maximum Gasteiger partial charge on any atom is 0.172 e. The van der Waals surface area contributed by atoms with Gasteiger partial charge in [-0.3, -0.25) is 0 Å². The zero-order valence-electron chi connectivity index (χ0n) is 27.6. The van der Waals surface area contributed by atoms with Gasteiger partial charge in [-0.15, -0.1) is 0 Å². The van der Waals surface area contributed by atoms with Gasteiger partial charge in [-0.2, -0.15) is 0 Å². The lowest BCUT2D eigenvalue weighted by Crippen LogP contribution is -2.25. The van der Waals surface area contributed by atoms with Crippen LogP contribution >= 0.6 is 0 Å². The number of hydrogen-bond donors (Lipinski definition) is 0. The smallest absolute Gasteiger partial charge is 0.172 e. The second kappa shape index (κ2) is 11.3. The average molecular weight is 634 g/mol. The Hall–Kier alpha value is -6.06. The lowest BCUT2D eigenvalue weighted by atomic mass is 9.70. The predicted octanol–water partition coefficient (Wildman–Crippen LogP) is 12.3. The Labute approximate surface area is 287 Å². The van der Waals surface area contributed by atoms with E-state index in [0.29, 0.717) is 11.5 Å². The summed E-state index contributed by atoms with van der Waals surface area (Å²) in [5, 5.41) is 0. The summed E-state index contributed by atoms with van der Waals surface area (Å²) in [7, 11) is 0. The van der Waals surface area contributed by atoms with Crippen molar-refractivity contribution in [2.24, 2.45) is 0 Å². The van der Waals surface area contributed by atoms with E-state index in [1.54, 1.807) is 0 Å². The van der Waals surface area contributed by atoms with E-state index in [1.807, 2.05) is 18.2 Å². The lowest BCUT2D eigenvalue weighted by Gasteiger charge is -2.31. The number of anilines is 2. The molecule has 3 nitrogen and oxygen atoms in total. The van der Waals surface area contributed by atoms with Crippen molar-refractivity contribution < 1.29 is 9.47 Å². The summed E-state index contributed by atoms with van der Waals surface area (Å²) in [4.78, 5) is 2.22. The highest BCUT2D eigenvalue weighted by atomic mass is 16.6. The van der Waals surface area contributed by atoms with Crippen LogP contribution in [0.2, 0.25) is 0 Å². The predicted molar refractivity (Wildman–Crippen MR) is 200 cm³/mol. The summed E-state index contributed by atoms with van der Waals surface area (Å²) in [6.45, 7) is 8.11. The molecule has 3 aliphatic rings. The third kappa shape index (κ3) is 4.29. The second-order valence-corrected chi connectivity index (χ2v) is 12.9. The molecule has 0 aromatic heterocycles. The van der Waals surface area contributed by atoms with Crippen molar-refractivity contribution in [3.05, 3.63) is 192 Å². The molecule has 0 radical (unpaired) electrons. The summed E-state index contributed by atoms with van der Waals surface area (Å²) in [6.07, 6.45) is 9.02. The maximum absolute atomic E-state index is 6.81. The van der Waals surface area contributed by atoms with Gasteiger partial charge in [0.05, 0.1) is 5.41 Å². The monoisotopic (exact) mass is 633 g/mol. The molecule has 0 amide bonds. The second-order valence-electron chi connectivity index (χ2n) is 12.9. The molecule has 3 heteroatoms. The minimum atomic E-state index is -0.442. The van der Waals surface area contributed by atoms with Crippen LogP contribution in [0, 0.1) is 0 Å². The van der Waals surface area contributed by atoms with Gasteiger partial charge in [0, 0.05) is 23.1 Å². The molecule has 49 heavy (non-hydrogen) atoms. The van der Waals surface area contributed by atoms with Gasteiger partial charge in [-0.1, -0.05) is 110 Å². The molecule has 0 fully saturated rings. The van der Waals surface area contributed by atoms with Crippen molar-refractivity contribution in [3.63, 3.8) is 0 Å². The fraction of sp³-hybridized carbons (Fsp3) is 0.0870. The number of ether oxygens (including phenoxy) is 2. The molecule has 2 aliphatic carbocycles. The molecule has 0 saturated carbocycles. The van der Waals surface area contributed by atoms with E-state index >= 15 is 0 Å². The van der Waals surface area contributed by atoms with Gasteiger partial charge >= 0.3 is 0 Å². The number of benzene rings is 6. The minimum Gasteiger partial charge on any atom is -0.449 e. The molecular weight excluding hydrogens is 599 g/mol. The Balaban J connectivity index is 1.16. The van der Waals surface area contributed by atoms with Crippen molar-refractivity contribution in [2.75, 3.05) is 4.90 Å². The van der Waals surface area contributed by atoms with Gasteiger partial charge in [0.15, 0.2) is 23.0 Å². The normalized spacial score (nSPS) is 14.2. The lowest BCUT2D eigenvalue weighted by molar-refractivity contribution is 0.359. The molecule has 1 heterocycles. The van der Waals surface area contributed by atoms with Gasteiger partial charge in [0.2, 0.25) is 0 Å². The van der Waals surface area contributed by atoms with Crippen molar-refractivity contribution in [1.82, 2.24) is 0 Å². The molecular formula is C46H35NO2. The topological polar surface area (TPSA) is 21.7 Å². The highest BCUT2D eigenvalue weighted by Gasteiger charge is 2.52. The zero-order valence-corrected chi connectivity index (χ0v) is 27.6. The van der Waals surface area contributed by atoms with E-state index in [9.17, 15) is 0 Å². The number of nitrogens with zero attached hydrogens (tertiary/aromatic N) is 1. The zero-order chi connectivity index (χ0) is 33.1. The first-order valence-corrected chi connectivity index (χ1v) is 16.9. The molecule has 1 aliphatic heterocycles. The van der Waals surface area contributed by atoms with E-state index in [4.69, 9.17) is 9.47 Å². The molecule has 6 aromatic rings. The summed E-state index contributed by atoms with van der Waals surface area (Å²) < 4.78 is 13.4. The molecule has 0 saturated heterocycles. The van der Waals surface area contributed by atoms with Crippen LogP contribution in [0.1, 0.15) is 41.7 Å². The van der Waals surface area contributed by atoms with E-state index in [0.717, 1.165) is 35.0 Å². The molecule has 6 aromatic carbocycles. The maximum atomic E-state index is 6.81. The number of allylic oxidation sites excluding steroid dienone is 5. The van der Waals surface area contributed by atoms with Crippen LogP contribution in [0.25, 0.3) is 22.3 Å². The van der Waals surface area contributed by atoms with Crippen LogP contribution in [0.3, 0.4) is 0 Å². The summed E-state index contributed by atoms with van der Waals surface area (Å²) in [5.74, 6) is 2.82. The van der Waals surface area contributed by atoms with E-state index < -0.39 is 5.41 Å². The Kier molecular flexibility index (Phi) is 6.70. The summed E-state index contributed by atoms with van der Waals surface area (Å²) in [5.41, 5.74) is 14.0. The minimum absolute atomic E-state index is 0.442. The number of fused-ring (bicyclic) bond motifs is 12. The van der Waals surface area contributed by atoms with E-state index in [1.165, 1.54) is 50.1 Å². The highest BCUT2D eigenvalue weighted by Crippen LogP contribution is 2.64. The summed E-state index contributed by atoms with van der Waals surface area (Å²) >= 11 is 0. The first-order chi connectivity index (χ1) is 24.1. The van der Waals surface area contributed by atoms with Crippen molar-refractivity contribution in [3.8, 4) is 45.3 Å². The Bertz CT molecular complexity index is 2320. The first-order valence-electron chi connectivity index (χ1n) is 16.9. The van der Waals surface area contributed by atoms with Gasteiger partial charge in [0.25, 0.3) is 0 Å². The first kappa shape index (κ1) is 29.1. The van der Waals surface area contributed by atoms with Gasteiger partial charge in [-0.25, -0.2) is 0 Å². The fourth-order valence-corrected chi connectivity index (χ4v) is 8.13. The Morgan fingerprint density at radius 1 is 0.612 bits per heavy atom. The number of hydrogen-bond acceptors (Lipinski definition) is 3.